The van der Waals surface area contributed by atoms with Crippen LogP contribution < -0.4 is 5.32 Å². The van der Waals surface area contributed by atoms with Gasteiger partial charge < -0.3 is 14.6 Å². The average molecular weight is 387 g/mol. The van der Waals surface area contributed by atoms with Crippen molar-refractivity contribution < 1.29 is 18.4 Å². The van der Waals surface area contributed by atoms with Crippen LogP contribution in [0.15, 0.2) is 34.9 Å². The Hall–Kier alpha value is -2.70. The van der Waals surface area contributed by atoms with Crippen LogP contribution in [0.2, 0.25) is 0 Å². The first-order valence-corrected chi connectivity index (χ1v) is 9.71. The number of nitrogens with zero attached hydrogens (tertiary/aromatic N) is 2. The first-order chi connectivity index (χ1) is 13.4. The molecule has 3 rings (SSSR count). The number of piperidine rings is 1. The number of oxazole rings is 1. The Kier molecular flexibility index (Phi) is 6.44. The molecule has 1 aliphatic heterocycles. The summed E-state index contributed by atoms with van der Waals surface area (Å²) < 4.78 is 18.7. The molecule has 1 N–H and O–H groups in total. The van der Waals surface area contributed by atoms with E-state index in [0.29, 0.717) is 31.2 Å². The number of benzene rings is 1. The molecule has 150 valence electrons. The molecule has 6 nitrogen and oxygen atoms in total. The van der Waals surface area contributed by atoms with Gasteiger partial charge in [-0.2, -0.15) is 0 Å². The number of aryl methyl sites for hydroxylation is 1. The summed E-state index contributed by atoms with van der Waals surface area (Å²) in [6, 6.07) is 6.09. The summed E-state index contributed by atoms with van der Waals surface area (Å²) in [5.74, 6) is 0.858. The lowest BCUT2D eigenvalue weighted by Gasteiger charge is -2.33. The molecule has 0 spiro atoms. The maximum Gasteiger partial charge on any atom is 0.225 e. The topological polar surface area (TPSA) is 75.4 Å². The third-order valence-electron chi connectivity index (χ3n) is 4.91. The standard InChI is InChI=1S/C21H26FN3O3/c1-14(2)21(27)25-11-9-17(10-12-25)24-19(26)7-8-20-23-13-18(28-20)15-3-5-16(22)6-4-15/h3-6,13-14,17H,7-12H2,1-2H3,(H,24,26). The Bertz CT molecular complexity index is 809. The van der Waals surface area contributed by atoms with Crippen molar-refractivity contribution in [3.63, 3.8) is 0 Å². The molecule has 28 heavy (non-hydrogen) atoms. The van der Waals surface area contributed by atoms with Crippen LogP contribution in [-0.2, 0) is 16.0 Å². The normalized spacial score (nSPS) is 15.1. The largest absolute Gasteiger partial charge is 0.441 e. The summed E-state index contributed by atoms with van der Waals surface area (Å²) >= 11 is 0. The van der Waals surface area contributed by atoms with Gasteiger partial charge in [0.2, 0.25) is 11.8 Å². The number of nitrogens with one attached hydrogen (secondary N) is 1. The molecule has 1 aliphatic rings. The number of carbonyl (C=O) groups is 2. The molecule has 0 atom stereocenters. The zero-order valence-electron chi connectivity index (χ0n) is 16.3. The van der Waals surface area contributed by atoms with Gasteiger partial charge in [-0.1, -0.05) is 13.8 Å². The smallest absolute Gasteiger partial charge is 0.225 e. The van der Waals surface area contributed by atoms with Crippen LogP contribution in [0.4, 0.5) is 4.39 Å². The van der Waals surface area contributed by atoms with Crippen LogP contribution in [0.3, 0.4) is 0 Å². The molecule has 1 aromatic heterocycles. The minimum absolute atomic E-state index is 0.00624. The van der Waals surface area contributed by atoms with Gasteiger partial charge in [0.15, 0.2) is 11.7 Å². The van der Waals surface area contributed by atoms with E-state index in [1.807, 2.05) is 18.7 Å². The van der Waals surface area contributed by atoms with Crippen molar-refractivity contribution in [2.24, 2.45) is 5.92 Å². The first-order valence-electron chi connectivity index (χ1n) is 9.71. The molecular formula is C21H26FN3O3. The Morgan fingerprint density at radius 1 is 1.25 bits per heavy atom. The monoisotopic (exact) mass is 387 g/mol. The predicted octanol–water partition coefficient (Wildman–Crippen LogP) is 3.18. The number of aromatic nitrogens is 1. The highest BCUT2D eigenvalue weighted by atomic mass is 19.1. The number of likely N-dealkylation sites (tertiary alicyclic amines) is 1. The van der Waals surface area contributed by atoms with Gasteiger partial charge >= 0.3 is 0 Å². The second-order valence-electron chi connectivity index (χ2n) is 7.45. The van der Waals surface area contributed by atoms with Crippen LogP contribution >= 0.6 is 0 Å². The highest BCUT2D eigenvalue weighted by Gasteiger charge is 2.25. The van der Waals surface area contributed by atoms with Crippen LogP contribution in [0.25, 0.3) is 11.3 Å². The molecule has 2 aromatic rings. The van der Waals surface area contributed by atoms with E-state index in [1.54, 1.807) is 18.3 Å². The highest BCUT2D eigenvalue weighted by molar-refractivity contribution is 5.78. The zero-order valence-corrected chi connectivity index (χ0v) is 16.3. The van der Waals surface area contributed by atoms with Crippen molar-refractivity contribution in [1.29, 1.82) is 0 Å². The maximum atomic E-state index is 13.0. The molecule has 7 heteroatoms. The number of amides is 2. The lowest BCUT2D eigenvalue weighted by Crippen LogP contribution is -2.47. The van der Waals surface area contributed by atoms with E-state index in [-0.39, 0.29) is 36.0 Å². The van der Waals surface area contributed by atoms with Crippen LogP contribution in [0, 0.1) is 11.7 Å². The van der Waals surface area contributed by atoms with Gasteiger partial charge in [-0.3, -0.25) is 9.59 Å². The lowest BCUT2D eigenvalue weighted by atomic mass is 10.0. The number of rotatable bonds is 6. The first kappa shape index (κ1) is 20.0. The van der Waals surface area contributed by atoms with Crippen molar-refractivity contribution >= 4 is 11.8 Å². The molecular weight excluding hydrogens is 361 g/mol. The van der Waals surface area contributed by atoms with Crippen molar-refractivity contribution in [3.8, 4) is 11.3 Å². The molecule has 2 heterocycles. The zero-order chi connectivity index (χ0) is 20.1. The fraction of sp³-hybridized carbons (Fsp3) is 0.476. The van der Waals surface area contributed by atoms with Gasteiger partial charge in [0.25, 0.3) is 0 Å². The second-order valence-corrected chi connectivity index (χ2v) is 7.45. The third kappa shape index (κ3) is 5.18. The lowest BCUT2D eigenvalue weighted by molar-refractivity contribution is -0.135. The van der Waals surface area contributed by atoms with Gasteiger partial charge in [-0.05, 0) is 37.1 Å². The third-order valence-corrected chi connectivity index (χ3v) is 4.91. The molecule has 1 saturated heterocycles. The van der Waals surface area contributed by atoms with Gasteiger partial charge in [0.1, 0.15) is 5.82 Å². The predicted molar refractivity (Wildman–Crippen MR) is 103 cm³/mol. The number of carbonyl (C=O) groups excluding carboxylic acids is 2. The summed E-state index contributed by atoms with van der Waals surface area (Å²) in [5.41, 5.74) is 0.743. The Balaban J connectivity index is 1.43. The van der Waals surface area contributed by atoms with Gasteiger partial charge in [-0.25, -0.2) is 9.37 Å². The minimum atomic E-state index is -0.306. The maximum absolute atomic E-state index is 13.0. The highest BCUT2D eigenvalue weighted by Crippen LogP contribution is 2.21. The van der Waals surface area contributed by atoms with Gasteiger partial charge in [0.05, 0.1) is 6.20 Å². The summed E-state index contributed by atoms with van der Waals surface area (Å²) in [4.78, 5) is 30.3. The average Bonchev–Trinajstić information content (AvgIpc) is 3.16. The number of halogens is 1. The van der Waals surface area contributed by atoms with Gasteiger partial charge in [0, 0.05) is 43.5 Å². The van der Waals surface area contributed by atoms with Crippen molar-refractivity contribution in [1.82, 2.24) is 15.2 Å². The SMILES string of the molecule is CC(C)C(=O)N1CCC(NC(=O)CCc2ncc(-c3ccc(F)cc3)o2)CC1. The van der Waals surface area contributed by atoms with Crippen molar-refractivity contribution in [3.05, 3.63) is 42.2 Å². The molecule has 0 bridgehead atoms. The fourth-order valence-electron chi connectivity index (χ4n) is 3.30. The van der Waals surface area contributed by atoms with Gasteiger partial charge in [-0.15, -0.1) is 0 Å². The van der Waals surface area contributed by atoms with Crippen LogP contribution in [0.5, 0.6) is 0 Å². The minimum Gasteiger partial charge on any atom is -0.441 e. The van der Waals surface area contributed by atoms with E-state index < -0.39 is 0 Å². The molecule has 0 saturated carbocycles. The molecule has 1 aromatic carbocycles. The number of hydrogen-bond donors (Lipinski definition) is 1. The Morgan fingerprint density at radius 2 is 1.93 bits per heavy atom. The number of hydrogen-bond acceptors (Lipinski definition) is 4. The van der Waals surface area contributed by atoms with E-state index in [2.05, 4.69) is 10.3 Å². The van der Waals surface area contributed by atoms with Crippen molar-refractivity contribution in [2.75, 3.05) is 13.1 Å². The van der Waals surface area contributed by atoms with E-state index in [1.165, 1.54) is 12.1 Å². The van der Waals surface area contributed by atoms with Crippen LogP contribution in [-0.4, -0.2) is 40.8 Å². The fourth-order valence-corrected chi connectivity index (χ4v) is 3.30. The molecule has 0 unspecified atom stereocenters. The van der Waals surface area contributed by atoms with Crippen LogP contribution in [0.1, 0.15) is 39.0 Å². The molecule has 2 amide bonds. The molecule has 0 aliphatic carbocycles. The summed E-state index contributed by atoms with van der Waals surface area (Å²) in [5, 5.41) is 3.03. The Morgan fingerprint density at radius 3 is 2.57 bits per heavy atom. The van der Waals surface area contributed by atoms with E-state index in [9.17, 15) is 14.0 Å². The quantitative estimate of drug-likeness (QED) is 0.826. The molecule has 0 radical (unpaired) electrons. The summed E-state index contributed by atoms with van der Waals surface area (Å²) in [6.45, 7) is 5.17. The van der Waals surface area contributed by atoms with E-state index in [4.69, 9.17) is 4.42 Å². The second kappa shape index (κ2) is 8.99. The van der Waals surface area contributed by atoms with Crippen molar-refractivity contribution in [2.45, 2.75) is 45.6 Å². The Labute approximate surface area is 164 Å². The molecule has 1 fully saturated rings. The summed E-state index contributed by atoms with van der Waals surface area (Å²) in [7, 11) is 0. The van der Waals surface area contributed by atoms with E-state index in [0.717, 1.165) is 18.4 Å². The van der Waals surface area contributed by atoms with E-state index >= 15 is 0 Å². The summed E-state index contributed by atoms with van der Waals surface area (Å²) in [6.07, 6.45) is 3.82.